The Bertz CT molecular complexity index is 183. The summed E-state index contributed by atoms with van der Waals surface area (Å²) in [7, 11) is 0. The lowest BCUT2D eigenvalue weighted by atomic mass is 9.82. The maximum absolute atomic E-state index is 6.10. The molecule has 0 bridgehead atoms. The smallest absolute Gasteiger partial charge is 0.0804 e. The van der Waals surface area contributed by atoms with Gasteiger partial charge in [-0.2, -0.15) is 0 Å². The van der Waals surface area contributed by atoms with E-state index < -0.39 is 0 Å². The molecule has 2 nitrogen and oxygen atoms in total. The maximum Gasteiger partial charge on any atom is 0.0804 e. The van der Waals surface area contributed by atoms with E-state index >= 15 is 0 Å². The minimum Gasteiger partial charge on any atom is -0.374 e. The standard InChI is InChI=1S/C13H25NO/c14-11-13(8-2-1-3-9-13)15-10-7-12-5-4-6-12/h12H,1-11,14H2. The third-order valence-electron chi connectivity index (χ3n) is 4.30. The van der Waals surface area contributed by atoms with E-state index in [2.05, 4.69) is 0 Å². The zero-order valence-corrected chi connectivity index (χ0v) is 9.84. The predicted molar refractivity (Wildman–Crippen MR) is 62.8 cm³/mol. The van der Waals surface area contributed by atoms with Crippen LogP contribution in [-0.4, -0.2) is 18.8 Å². The van der Waals surface area contributed by atoms with Crippen LogP contribution in [0, 0.1) is 5.92 Å². The predicted octanol–water partition coefficient (Wildman–Crippen LogP) is 2.85. The van der Waals surface area contributed by atoms with Gasteiger partial charge in [0.2, 0.25) is 0 Å². The van der Waals surface area contributed by atoms with E-state index in [0.29, 0.717) is 0 Å². The van der Waals surface area contributed by atoms with Crippen LogP contribution in [0.1, 0.15) is 57.8 Å². The van der Waals surface area contributed by atoms with Gasteiger partial charge in [-0.05, 0) is 25.2 Å². The minimum absolute atomic E-state index is 0.0575. The molecule has 0 atom stereocenters. The Morgan fingerprint density at radius 3 is 2.33 bits per heavy atom. The Labute approximate surface area is 93.6 Å². The van der Waals surface area contributed by atoms with Crippen molar-refractivity contribution in [2.45, 2.75) is 63.4 Å². The molecule has 2 heteroatoms. The van der Waals surface area contributed by atoms with Gasteiger partial charge < -0.3 is 10.5 Å². The Kier molecular flexibility index (Phi) is 4.04. The summed E-state index contributed by atoms with van der Waals surface area (Å²) in [5.74, 6) is 0.961. The molecule has 0 heterocycles. The number of hydrogen-bond donors (Lipinski definition) is 1. The summed E-state index contributed by atoms with van der Waals surface area (Å²) >= 11 is 0. The van der Waals surface area contributed by atoms with Gasteiger partial charge in [0, 0.05) is 13.2 Å². The number of nitrogens with two attached hydrogens (primary N) is 1. The second-order valence-electron chi connectivity index (χ2n) is 5.38. The molecule has 2 fully saturated rings. The molecule has 0 saturated heterocycles. The second-order valence-corrected chi connectivity index (χ2v) is 5.38. The van der Waals surface area contributed by atoms with Gasteiger partial charge in [0.1, 0.15) is 0 Å². The highest BCUT2D eigenvalue weighted by atomic mass is 16.5. The summed E-state index contributed by atoms with van der Waals surface area (Å²) in [6.07, 6.45) is 11.9. The van der Waals surface area contributed by atoms with Gasteiger partial charge in [-0.15, -0.1) is 0 Å². The Morgan fingerprint density at radius 1 is 1.07 bits per heavy atom. The van der Waals surface area contributed by atoms with Crippen LogP contribution in [0.4, 0.5) is 0 Å². The molecule has 0 aromatic heterocycles. The number of hydrogen-bond acceptors (Lipinski definition) is 2. The Morgan fingerprint density at radius 2 is 1.80 bits per heavy atom. The van der Waals surface area contributed by atoms with Crippen molar-refractivity contribution in [3.8, 4) is 0 Å². The molecule has 0 amide bonds. The summed E-state index contributed by atoms with van der Waals surface area (Å²) in [6, 6.07) is 0. The fraction of sp³-hybridized carbons (Fsp3) is 1.00. The molecule has 2 rings (SSSR count). The van der Waals surface area contributed by atoms with E-state index in [4.69, 9.17) is 10.5 Å². The first-order valence-corrected chi connectivity index (χ1v) is 6.69. The fourth-order valence-electron chi connectivity index (χ4n) is 2.83. The first-order valence-electron chi connectivity index (χ1n) is 6.69. The van der Waals surface area contributed by atoms with E-state index in [-0.39, 0.29) is 5.60 Å². The highest BCUT2D eigenvalue weighted by Gasteiger charge is 2.31. The molecular formula is C13H25NO. The lowest BCUT2D eigenvalue weighted by molar-refractivity contribution is -0.0695. The van der Waals surface area contributed by atoms with Crippen molar-refractivity contribution in [1.29, 1.82) is 0 Å². The zero-order chi connectivity index (χ0) is 10.6. The van der Waals surface area contributed by atoms with Crippen molar-refractivity contribution >= 4 is 0 Å². The molecule has 2 aliphatic carbocycles. The summed E-state index contributed by atoms with van der Waals surface area (Å²) in [5.41, 5.74) is 5.93. The van der Waals surface area contributed by atoms with Gasteiger partial charge in [0.05, 0.1) is 5.60 Å². The first-order chi connectivity index (χ1) is 7.35. The number of rotatable bonds is 5. The Balaban J connectivity index is 1.69. The van der Waals surface area contributed by atoms with Gasteiger partial charge in [0.15, 0.2) is 0 Å². The maximum atomic E-state index is 6.10. The molecule has 15 heavy (non-hydrogen) atoms. The third-order valence-corrected chi connectivity index (χ3v) is 4.30. The van der Waals surface area contributed by atoms with E-state index in [9.17, 15) is 0 Å². The average molecular weight is 211 g/mol. The van der Waals surface area contributed by atoms with Crippen molar-refractivity contribution in [3.05, 3.63) is 0 Å². The van der Waals surface area contributed by atoms with Crippen LogP contribution in [0.3, 0.4) is 0 Å². The van der Waals surface area contributed by atoms with Crippen molar-refractivity contribution in [2.24, 2.45) is 11.7 Å². The topological polar surface area (TPSA) is 35.2 Å². The van der Waals surface area contributed by atoms with Crippen LogP contribution in [0.2, 0.25) is 0 Å². The lowest BCUT2D eigenvalue weighted by Crippen LogP contribution is -2.43. The molecule has 0 unspecified atom stereocenters. The Hall–Kier alpha value is -0.0800. The van der Waals surface area contributed by atoms with Crippen LogP contribution in [0.5, 0.6) is 0 Å². The van der Waals surface area contributed by atoms with E-state index in [0.717, 1.165) is 19.1 Å². The van der Waals surface area contributed by atoms with Crippen LogP contribution < -0.4 is 5.73 Å². The van der Waals surface area contributed by atoms with Gasteiger partial charge in [-0.3, -0.25) is 0 Å². The summed E-state index contributed by atoms with van der Waals surface area (Å²) < 4.78 is 6.10. The monoisotopic (exact) mass is 211 g/mol. The van der Waals surface area contributed by atoms with E-state index in [1.54, 1.807) is 0 Å². The lowest BCUT2D eigenvalue weighted by Gasteiger charge is -2.37. The van der Waals surface area contributed by atoms with Crippen LogP contribution in [0.25, 0.3) is 0 Å². The van der Waals surface area contributed by atoms with E-state index in [1.807, 2.05) is 0 Å². The third kappa shape index (κ3) is 2.94. The summed E-state index contributed by atoms with van der Waals surface area (Å²) in [4.78, 5) is 0. The summed E-state index contributed by atoms with van der Waals surface area (Å²) in [6.45, 7) is 1.67. The SMILES string of the molecule is NCC1(OCCC2CCC2)CCCCC1. The van der Waals surface area contributed by atoms with Crippen LogP contribution in [0.15, 0.2) is 0 Å². The average Bonchev–Trinajstić information content (AvgIpc) is 2.23. The van der Waals surface area contributed by atoms with Gasteiger partial charge in [-0.25, -0.2) is 0 Å². The highest BCUT2D eigenvalue weighted by molar-refractivity contribution is 4.85. The van der Waals surface area contributed by atoms with Gasteiger partial charge in [-0.1, -0.05) is 38.5 Å². The molecule has 0 aliphatic heterocycles. The van der Waals surface area contributed by atoms with E-state index in [1.165, 1.54) is 57.8 Å². The second kappa shape index (κ2) is 5.31. The van der Waals surface area contributed by atoms with Crippen molar-refractivity contribution < 1.29 is 4.74 Å². The van der Waals surface area contributed by atoms with Crippen molar-refractivity contribution in [2.75, 3.05) is 13.2 Å². The molecule has 2 saturated carbocycles. The van der Waals surface area contributed by atoms with Gasteiger partial charge >= 0.3 is 0 Å². The molecule has 2 aliphatic rings. The van der Waals surface area contributed by atoms with Crippen molar-refractivity contribution in [3.63, 3.8) is 0 Å². The molecular weight excluding hydrogens is 186 g/mol. The molecule has 0 aromatic carbocycles. The zero-order valence-electron chi connectivity index (χ0n) is 9.84. The molecule has 0 spiro atoms. The van der Waals surface area contributed by atoms with Gasteiger partial charge in [0.25, 0.3) is 0 Å². The van der Waals surface area contributed by atoms with Crippen LogP contribution in [-0.2, 0) is 4.74 Å². The number of ether oxygens (including phenoxy) is 1. The molecule has 0 aromatic rings. The van der Waals surface area contributed by atoms with Crippen LogP contribution >= 0.6 is 0 Å². The molecule has 2 N–H and O–H groups in total. The fourth-order valence-corrected chi connectivity index (χ4v) is 2.83. The quantitative estimate of drug-likeness (QED) is 0.759. The molecule has 88 valence electrons. The first kappa shape index (κ1) is 11.4. The highest BCUT2D eigenvalue weighted by Crippen LogP contribution is 2.33. The molecule has 0 radical (unpaired) electrons. The van der Waals surface area contributed by atoms with Crippen molar-refractivity contribution in [1.82, 2.24) is 0 Å². The summed E-state index contributed by atoms with van der Waals surface area (Å²) in [5, 5.41) is 0. The largest absolute Gasteiger partial charge is 0.374 e. The minimum atomic E-state index is 0.0575. The normalized spacial score (nSPS) is 26.2.